The first-order chi connectivity index (χ1) is 12.2. The van der Waals surface area contributed by atoms with Crippen molar-refractivity contribution < 1.29 is 9.53 Å². The van der Waals surface area contributed by atoms with Crippen LogP contribution >= 0.6 is 11.3 Å². The zero-order valence-electron chi connectivity index (χ0n) is 14.2. The van der Waals surface area contributed by atoms with Crippen LogP contribution in [0.15, 0.2) is 30.0 Å². The summed E-state index contributed by atoms with van der Waals surface area (Å²) in [5.41, 5.74) is 3.69. The number of fused-ring (bicyclic) bond motifs is 1. The minimum Gasteiger partial charge on any atom is -0.376 e. The molecule has 2 fully saturated rings. The molecule has 0 aromatic carbocycles. The summed E-state index contributed by atoms with van der Waals surface area (Å²) < 4.78 is 5.99. The lowest BCUT2D eigenvalue weighted by molar-refractivity contribution is 0.0904. The van der Waals surface area contributed by atoms with Crippen LogP contribution in [0.4, 0.5) is 0 Å². The highest BCUT2D eigenvalue weighted by molar-refractivity contribution is 7.09. The molecule has 0 bridgehead atoms. The molecule has 2 saturated heterocycles. The van der Waals surface area contributed by atoms with Crippen LogP contribution < -0.4 is 5.32 Å². The van der Waals surface area contributed by atoms with E-state index in [2.05, 4.69) is 27.1 Å². The molecule has 2 aromatic heterocycles. The van der Waals surface area contributed by atoms with Gasteiger partial charge in [0.1, 0.15) is 0 Å². The summed E-state index contributed by atoms with van der Waals surface area (Å²) in [6, 6.07) is 3.47. The third-order valence-electron chi connectivity index (χ3n) is 5.19. The maximum atomic E-state index is 12.2. The second-order valence-electron chi connectivity index (χ2n) is 6.80. The number of hydrogen-bond acceptors (Lipinski definition) is 6. The van der Waals surface area contributed by atoms with Crippen molar-refractivity contribution in [2.45, 2.75) is 19.6 Å². The number of thiazole rings is 1. The molecule has 132 valence electrons. The predicted molar refractivity (Wildman–Crippen MR) is 95.4 cm³/mol. The van der Waals surface area contributed by atoms with Crippen molar-refractivity contribution in [1.29, 1.82) is 0 Å². The van der Waals surface area contributed by atoms with Gasteiger partial charge in [-0.15, -0.1) is 11.3 Å². The molecule has 2 aromatic rings. The number of nitrogens with one attached hydrogen (secondary N) is 1. The zero-order valence-corrected chi connectivity index (χ0v) is 15.0. The van der Waals surface area contributed by atoms with Gasteiger partial charge in [0.05, 0.1) is 23.9 Å². The van der Waals surface area contributed by atoms with Crippen LogP contribution in [0, 0.1) is 18.8 Å². The van der Waals surface area contributed by atoms with Crippen LogP contribution in [0.3, 0.4) is 0 Å². The van der Waals surface area contributed by atoms with Gasteiger partial charge in [0, 0.05) is 60.8 Å². The molecule has 2 aliphatic rings. The zero-order chi connectivity index (χ0) is 17.2. The van der Waals surface area contributed by atoms with Gasteiger partial charge in [0.2, 0.25) is 0 Å². The van der Waals surface area contributed by atoms with Gasteiger partial charge in [-0.2, -0.15) is 0 Å². The van der Waals surface area contributed by atoms with Crippen molar-refractivity contribution in [2.24, 2.45) is 11.8 Å². The average molecular weight is 358 g/mol. The Morgan fingerprint density at radius 2 is 2.24 bits per heavy atom. The number of nitrogens with zero attached hydrogens (tertiary/aromatic N) is 3. The summed E-state index contributed by atoms with van der Waals surface area (Å²) in [7, 11) is 0. The summed E-state index contributed by atoms with van der Waals surface area (Å²) in [5, 5.41) is 3.05. The van der Waals surface area contributed by atoms with E-state index >= 15 is 0 Å². The number of carbonyl (C=O) groups is 1. The Hall–Kier alpha value is -1.83. The summed E-state index contributed by atoms with van der Waals surface area (Å²) in [6.45, 7) is 6.41. The first-order valence-corrected chi connectivity index (χ1v) is 9.50. The molecule has 0 radical (unpaired) electrons. The number of amides is 1. The minimum atomic E-state index is -0.0408. The van der Waals surface area contributed by atoms with E-state index in [-0.39, 0.29) is 12.0 Å². The number of hydrogen-bond donors (Lipinski definition) is 1. The Kier molecular flexibility index (Phi) is 4.78. The molecule has 0 aliphatic carbocycles. The molecule has 6 nitrogen and oxygen atoms in total. The fraction of sp³-hybridized carbons (Fsp3) is 0.500. The van der Waals surface area contributed by atoms with E-state index in [9.17, 15) is 4.79 Å². The highest BCUT2D eigenvalue weighted by atomic mass is 32.1. The van der Waals surface area contributed by atoms with Crippen LogP contribution in [0.1, 0.15) is 20.9 Å². The molecule has 4 rings (SSSR count). The lowest BCUT2D eigenvalue weighted by atomic mass is 9.93. The van der Waals surface area contributed by atoms with E-state index in [1.54, 1.807) is 35.9 Å². The van der Waals surface area contributed by atoms with Crippen molar-refractivity contribution >= 4 is 17.2 Å². The molecule has 3 atom stereocenters. The Morgan fingerprint density at radius 3 is 3.00 bits per heavy atom. The summed E-state index contributed by atoms with van der Waals surface area (Å²) in [6.07, 6.45) is 3.57. The van der Waals surface area contributed by atoms with E-state index in [0.717, 1.165) is 31.9 Å². The van der Waals surface area contributed by atoms with Crippen LogP contribution in [0.2, 0.25) is 0 Å². The van der Waals surface area contributed by atoms with Crippen molar-refractivity contribution in [1.82, 2.24) is 20.2 Å². The summed E-state index contributed by atoms with van der Waals surface area (Å²) in [4.78, 5) is 24.3. The maximum absolute atomic E-state index is 12.2. The molecule has 25 heavy (non-hydrogen) atoms. The molecule has 2 aliphatic heterocycles. The molecule has 0 saturated carbocycles. The molecular weight excluding hydrogens is 336 g/mol. The van der Waals surface area contributed by atoms with Gasteiger partial charge < -0.3 is 10.1 Å². The van der Waals surface area contributed by atoms with Crippen molar-refractivity contribution in [3.8, 4) is 0 Å². The summed E-state index contributed by atoms with van der Waals surface area (Å²) in [5.74, 6) is 0.829. The van der Waals surface area contributed by atoms with E-state index in [1.165, 1.54) is 4.88 Å². The quantitative estimate of drug-likeness (QED) is 0.882. The normalized spacial score (nSPS) is 25.9. The molecule has 4 heterocycles. The number of ether oxygens (including phenoxy) is 1. The average Bonchev–Trinajstić information content (AvgIpc) is 3.31. The van der Waals surface area contributed by atoms with Crippen LogP contribution in [-0.4, -0.2) is 53.1 Å². The lowest BCUT2D eigenvalue weighted by Gasteiger charge is -2.19. The minimum absolute atomic E-state index is 0.0408. The number of likely N-dealkylation sites (tertiary alicyclic amines) is 1. The smallest absolute Gasteiger partial charge is 0.251 e. The van der Waals surface area contributed by atoms with Gasteiger partial charge in [-0.1, -0.05) is 0 Å². The number of rotatable bonds is 5. The maximum Gasteiger partial charge on any atom is 0.251 e. The Morgan fingerprint density at radius 1 is 1.40 bits per heavy atom. The van der Waals surface area contributed by atoms with E-state index < -0.39 is 0 Å². The van der Waals surface area contributed by atoms with E-state index in [4.69, 9.17) is 4.74 Å². The van der Waals surface area contributed by atoms with Gasteiger partial charge in [-0.05, 0) is 19.1 Å². The van der Waals surface area contributed by atoms with Crippen LogP contribution in [-0.2, 0) is 11.3 Å². The Labute approximate surface area is 151 Å². The SMILES string of the molecule is Cc1ncsc1CN1C[C@H]2[C@H](CNC(=O)c3ccncc3)CO[C@H]2C1. The predicted octanol–water partition coefficient (Wildman–Crippen LogP) is 1.72. The second kappa shape index (κ2) is 7.19. The van der Waals surface area contributed by atoms with Gasteiger partial charge in [0.15, 0.2) is 0 Å². The fourth-order valence-corrected chi connectivity index (χ4v) is 4.55. The number of carbonyl (C=O) groups excluding carboxylic acids is 1. The first-order valence-electron chi connectivity index (χ1n) is 8.62. The summed E-state index contributed by atoms with van der Waals surface area (Å²) >= 11 is 1.72. The van der Waals surface area contributed by atoms with Gasteiger partial charge in [-0.25, -0.2) is 4.98 Å². The first kappa shape index (κ1) is 16.6. The molecule has 0 spiro atoms. The Bertz CT molecular complexity index is 736. The van der Waals surface area contributed by atoms with E-state index in [1.807, 2.05) is 5.51 Å². The number of aryl methyl sites for hydroxylation is 1. The molecular formula is C18H22N4O2S. The van der Waals surface area contributed by atoms with Gasteiger partial charge in [0.25, 0.3) is 5.91 Å². The molecule has 1 N–H and O–H groups in total. The van der Waals surface area contributed by atoms with Crippen molar-refractivity contribution in [3.63, 3.8) is 0 Å². The largest absolute Gasteiger partial charge is 0.376 e. The second-order valence-corrected chi connectivity index (χ2v) is 7.74. The van der Waals surface area contributed by atoms with Gasteiger partial charge >= 0.3 is 0 Å². The van der Waals surface area contributed by atoms with Crippen molar-refractivity contribution in [3.05, 3.63) is 46.2 Å². The Balaban J connectivity index is 1.31. The number of aromatic nitrogens is 2. The molecule has 0 unspecified atom stereocenters. The van der Waals surface area contributed by atoms with Crippen molar-refractivity contribution in [2.75, 3.05) is 26.2 Å². The highest BCUT2D eigenvalue weighted by Crippen LogP contribution is 2.34. The van der Waals surface area contributed by atoms with Crippen LogP contribution in [0.5, 0.6) is 0 Å². The number of pyridine rings is 1. The van der Waals surface area contributed by atoms with E-state index in [0.29, 0.717) is 23.9 Å². The molecule has 1 amide bonds. The molecule has 7 heteroatoms. The third kappa shape index (κ3) is 3.58. The topological polar surface area (TPSA) is 67.4 Å². The standard InChI is InChI=1S/C18H22N4O2S/c1-12-17(25-11-21-12)9-22-7-15-14(10-24-16(15)8-22)6-20-18(23)13-2-4-19-5-3-13/h2-5,11,14-16H,6-10H2,1H3,(H,20,23)/t14-,15+,16+/m1/s1. The van der Waals surface area contributed by atoms with Crippen LogP contribution in [0.25, 0.3) is 0 Å². The fourth-order valence-electron chi connectivity index (χ4n) is 3.73. The third-order valence-corrected chi connectivity index (χ3v) is 6.11. The lowest BCUT2D eigenvalue weighted by Crippen LogP contribution is -2.34. The highest BCUT2D eigenvalue weighted by Gasteiger charge is 2.43. The van der Waals surface area contributed by atoms with Gasteiger partial charge in [-0.3, -0.25) is 14.7 Å². The monoisotopic (exact) mass is 358 g/mol.